The molecule has 0 saturated carbocycles. The first kappa shape index (κ1) is 13.2. The van der Waals surface area contributed by atoms with Crippen molar-refractivity contribution < 1.29 is 9.18 Å². The fourth-order valence-electron chi connectivity index (χ4n) is 1.26. The minimum Gasteiger partial charge on any atom is -0.288 e. The van der Waals surface area contributed by atoms with E-state index >= 15 is 0 Å². The summed E-state index contributed by atoms with van der Waals surface area (Å²) in [5.74, 6) is -0.960. The molecule has 1 nitrogen and oxygen atoms in total. The summed E-state index contributed by atoms with van der Waals surface area (Å²) in [6, 6.07) is 5.68. The van der Waals surface area contributed by atoms with Crippen LogP contribution in [-0.4, -0.2) is 5.78 Å². The zero-order chi connectivity index (χ0) is 12.6. The van der Waals surface area contributed by atoms with E-state index in [4.69, 9.17) is 11.6 Å². The van der Waals surface area contributed by atoms with Gasteiger partial charge in [-0.15, -0.1) is 11.3 Å². The SMILES string of the molecule is O=C(c1cc(Br)c(Br)s1)c1ccc(Cl)cc1F. The summed E-state index contributed by atoms with van der Waals surface area (Å²) < 4.78 is 15.1. The zero-order valence-electron chi connectivity index (χ0n) is 8.14. The van der Waals surface area contributed by atoms with Crippen molar-refractivity contribution in [3.63, 3.8) is 0 Å². The van der Waals surface area contributed by atoms with Gasteiger partial charge in [0.1, 0.15) is 5.82 Å². The summed E-state index contributed by atoms with van der Waals surface area (Å²) in [4.78, 5) is 12.5. The maximum Gasteiger partial charge on any atom is 0.205 e. The minimum atomic E-state index is -0.608. The number of hydrogen-bond acceptors (Lipinski definition) is 2. The molecule has 0 amide bonds. The molecule has 1 aromatic carbocycles. The van der Waals surface area contributed by atoms with Gasteiger partial charge in [-0.05, 0) is 56.1 Å². The number of carbonyl (C=O) groups excluding carboxylic acids is 1. The van der Waals surface area contributed by atoms with Gasteiger partial charge in [-0.1, -0.05) is 11.6 Å². The van der Waals surface area contributed by atoms with Gasteiger partial charge < -0.3 is 0 Å². The number of benzene rings is 1. The summed E-state index contributed by atoms with van der Waals surface area (Å²) in [5, 5.41) is 0.271. The van der Waals surface area contributed by atoms with E-state index in [0.29, 0.717) is 4.88 Å². The standard InChI is InChI=1S/C11H4Br2ClFOS/c12-7-4-9(17-11(7)13)10(16)6-2-1-5(14)3-8(6)15/h1-4H. The molecule has 0 radical (unpaired) electrons. The molecule has 0 N–H and O–H groups in total. The molecule has 0 aliphatic carbocycles. The van der Waals surface area contributed by atoms with Crippen LogP contribution in [0, 0.1) is 5.82 Å². The van der Waals surface area contributed by atoms with Crippen LogP contribution in [0.3, 0.4) is 0 Å². The molecule has 0 atom stereocenters. The molecule has 1 aromatic heterocycles. The van der Waals surface area contributed by atoms with Gasteiger partial charge in [-0.3, -0.25) is 4.79 Å². The van der Waals surface area contributed by atoms with Crippen molar-refractivity contribution in [1.29, 1.82) is 0 Å². The van der Waals surface area contributed by atoms with Crippen LogP contribution < -0.4 is 0 Å². The minimum absolute atomic E-state index is 0.0238. The molecular formula is C11H4Br2ClFOS. The van der Waals surface area contributed by atoms with Gasteiger partial charge >= 0.3 is 0 Å². The van der Waals surface area contributed by atoms with Gasteiger partial charge in [0.2, 0.25) is 5.78 Å². The predicted octanol–water partition coefficient (Wildman–Crippen LogP) is 5.30. The number of ketones is 1. The predicted molar refractivity (Wildman–Crippen MR) is 74.6 cm³/mol. The number of halogens is 4. The van der Waals surface area contributed by atoms with Gasteiger partial charge in [-0.2, -0.15) is 0 Å². The molecule has 2 aromatic rings. The van der Waals surface area contributed by atoms with Gasteiger partial charge in [0, 0.05) is 9.50 Å². The first-order chi connectivity index (χ1) is 7.99. The Bertz CT molecular complexity index is 578. The highest BCUT2D eigenvalue weighted by molar-refractivity contribution is 9.13. The molecule has 0 aliphatic rings. The van der Waals surface area contributed by atoms with Crippen LogP contribution in [0.1, 0.15) is 15.2 Å². The summed E-state index contributed by atoms with van der Waals surface area (Å²) in [6.45, 7) is 0. The largest absolute Gasteiger partial charge is 0.288 e. The van der Waals surface area contributed by atoms with E-state index < -0.39 is 5.82 Å². The van der Waals surface area contributed by atoms with Crippen molar-refractivity contribution in [2.24, 2.45) is 0 Å². The van der Waals surface area contributed by atoms with Gasteiger partial charge in [0.25, 0.3) is 0 Å². The van der Waals surface area contributed by atoms with Crippen LogP contribution in [0.2, 0.25) is 5.02 Å². The average Bonchev–Trinajstić information content (AvgIpc) is 2.58. The second-order valence-corrected chi connectivity index (χ2v) is 6.85. The summed E-state index contributed by atoms with van der Waals surface area (Å²) in [7, 11) is 0. The summed E-state index contributed by atoms with van der Waals surface area (Å²) >= 11 is 13.5. The van der Waals surface area contributed by atoms with E-state index in [0.717, 1.165) is 14.3 Å². The molecular weight excluding hydrogens is 394 g/mol. The Balaban J connectivity index is 2.43. The van der Waals surface area contributed by atoms with Crippen molar-refractivity contribution in [2.45, 2.75) is 0 Å². The lowest BCUT2D eigenvalue weighted by Crippen LogP contribution is -2.01. The molecule has 0 aliphatic heterocycles. The molecule has 0 unspecified atom stereocenters. The lowest BCUT2D eigenvalue weighted by molar-refractivity contribution is 0.103. The van der Waals surface area contributed by atoms with E-state index in [2.05, 4.69) is 31.9 Å². The monoisotopic (exact) mass is 396 g/mol. The average molecular weight is 398 g/mol. The Morgan fingerprint density at radius 2 is 2.00 bits per heavy atom. The Kier molecular flexibility index (Phi) is 4.02. The van der Waals surface area contributed by atoms with Crippen molar-refractivity contribution in [2.75, 3.05) is 0 Å². The highest BCUT2D eigenvalue weighted by Crippen LogP contribution is 2.33. The van der Waals surface area contributed by atoms with Crippen molar-refractivity contribution >= 4 is 60.6 Å². The number of thiophene rings is 1. The second-order valence-electron chi connectivity index (χ2n) is 3.19. The molecule has 1 heterocycles. The number of carbonyl (C=O) groups is 1. The number of rotatable bonds is 2. The zero-order valence-corrected chi connectivity index (χ0v) is 12.9. The highest BCUT2D eigenvalue weighted by Gasteiger charge is 2.17. The van der Waals surface area contributed by atoms with Crippen LogP contribution in [0.25, 0.3) is 0 Å². The lowest BCUT2D eigenvalue weighted by Gasteiger charge is -2.00. The molecule has 0 bridgehead atoms. The topological polar surface area (TPSA) is 17.1 Å². The normalized spacial score (nSPS) is 10.6. The third kappa shape index (κ3) is 2.78. The second kappa shape index (κ2) is 5.18. The Labute approximate surface area is 123 Å². The van der Waals surface area contributed by atoms with Crippen LogP contribution in [0.5, 0.6) is 0 Å². The fourth-order valence-corrected chi connectivity index (χ4v) is 3.41. The van der Waals surface area contributed by atoms with E-state index in [1.165, 1.54) is 23.5 Å². The van der Waals surface area contributed by atoms with Gasteiger partial charge in [0.15, 0.2) is 0 Å². The number of hydrogen-bond donors (Lipinski definition) is 0. The van der Waals surface area contributed by atoms with E-state index in [1.54, 1.807) is 6.07 Å². The lowest BCUT2D eigenvalue weighted by atomic mass is 10.1. The van der Waals surface area contributed by atoms with E-state index in [-0.39, 0.29) is 16.4 Å². The third-order valence-corrected chi connectivity index (χ3v) is 5.53. The van der Waals surface area contributed by atoms with E-state index in [9.17, 15) is 9.18 Å². The van der Waals surface area contributed by atoms with Gasteiger partial charge in [-0.25, -0.2) is 4.39 Å². The van der Waals surface area contributed by atoms with Crippen molar-refractivity contribution in [3.8, 4) is 0 Å². The Morgan fingerprint density at radius 3 is 2.53 bits per heavy atom. The van der Waals surface area contributed by atoms with Gasteiger partial charge in [0.05, 0.1) is 14.2 Å². The maximum absolute atomic E-state index is 13.6. The van der Waals surface area contributed by atoms with Crippen LogP contribution in [0.15, 0.2) is 32.5 Å². The molecule has 17 heavy (non-hydrogen) atoms. The molecule has 6 heteroatoms. The highest BCUT2D eigenvalue weighted by atomic mass is 79.9. The van der Waals surface area contributed by atoms with Crippen molar-refractivity contribution in [1.82, 2.24) is 0 Å². The third-order valence-electron chi connectivity index (χ3n) is 2.04. The van der Waals surface area contributed by atoms with Crippen molar-refractivity contribution in [3.05, 3.63) is 53.8 Å². The Hall–Kier alpha value is -0.230. The fraction of sp³-hybridized carbons (Fsp3) is 0. The van der Waals surface area contributed by atoms with Crippen LogP contribution in [-0.2, 0) is 0 Å². The molecule has 0 spiro atoms. The summed E-state index contributed by atoms with van der Waals surface area (Å²) in [6.07, 6.45) is 0. The first-order valence-electron chi connectivity index (χ1n) is 4.43. The summed E-state index contributed by atoms with van der Waals surface area (Å²) in [5.41, 5.74) is 0.0238. The Morgan fingerprint density at radius 1 is 1.29 bits per heavy atom. The molecule has 0 fully saturated rings. The maximum atomic E-state index is 13.6. The quantitative estimate of drug-likeness (QED) is 0.628. The molecule has 88 valence electrons. The molecule has 2 rings (SSSR count). The molecule has 0 saturated heterocycles. The first-order valence-corrected chi connectivity index (χ1v) is 7.21. The van der Waals surface area contributed by atoms with Crippen LogP contribution >= 0.6 is 54.8 Å². The van der Waals surface area contributed by atoms with E-state index in [1.807, 2.05) is 0 Å². The van der Waals surface area contributed by atoms with Crippen LogP contribution in [0.4, 0.5) is 4.39 Å². The smallest absolute Gasteiger partial charge is 0.205 e.